The first-order chi connectivity index (χ1) is 13.5. The molecule has 1 saturated carbocycles. The summed E-state index contributed by atoms with van der Waals surface area (Å²) in [5.41, 5.74) is 5.38. The van der Waals surface area contributed by atoms with Crippen molar-refractivity contribution < 1.29 is 4.79 Å². The van der Waals surface area contributed by atoms with Gasteiger partial charge in [0.1, 0.15) is 5.69 Å². The number of amides is 1. The number of hydrogen-bond acceptors (Lipinski definition) is 1. The van der Waals surface area contributed by atoms with Gasteiger partial charge in [-0.05, 0) is 60.1 Å². The molecule has 0 atom stereocenters. The normalized spacial score (nSPS) is 15.3. The van der Waals surface area contributed by atoms with Crippen molar-refractivity contribution in [2.24, 2.45) is 7.05 Å². The van der Waals surface area contributed by atoms with Crippen molar-refractivity contribution in [3.8, 4) is 0 Å². The molecule has 3 nitrogen and oxygen atoms in total. The minimum atomic E-state index is -0.0572. The first-order valence-corrected chi connectivity index (χ1v) is 10.3. The van der Waals surface area contributed by atoms with Crippen LogP contribution in [0.1, 0.15) is 73.5 Å². The van der Waals surface area contributed by atoms with Crippen LogP contribution in [0.25, 0.3) is 10.9 Å². The number of carbonyl (C=O) groups is 1. The van der Waals surface area contributed by atoms with Crippen molar-refractivity contribution in [3.63, 3.8) is 0 Å². The number of aryl methyl sites for hydroxylation is 1. The highest BCUT2D eigenvalue weighted by Gasteiger charge is 2.21. The van der Waals surface area contributed by atoms with Gasteiger partial charge in [0.25, 0.3) is 5.91 Å². The third kappa shape index (κ3) is 3.58. The third-order valence-electron chi connectivity index (χ3n) is 6.08. The number of nitrogens with one attached hydrogen (secondary N) is 1. The van der Waals surface area contributed by atoms with E-state index in [0.29, 0.717) is 11.6 Å². The summed E-state index contributed by atoms with van der Waals surface area (Å²) in [7, 11) is 1.95. The van der Waals surface area contributed by atoms with Gasteiger partial charge in [0.15, 0.2) is 0 Å². The summed E-state index contributed by atoms with van der Waals surface area (Å²) in [5.74, 6) is 1.89. The van der Waals surface area contributed by atoms with E-state index in [4.69, 9.17) is 0 Å². The summed E-state index contributed by atoms with van der Waals surface area (Å²) in [6.45, 7) is 4.35. The molecule has 0 unspecified atom stereocenters. The maximum atomic E-state index is 13.0. The number of carbonyl (C=O) groups excluding carboxylic acids is 1. The van der Waals surface area contributed by atoms with Crippen LogP contribution in [-0.2, 0) is 7.05 Å². The van der Waals surface area contributed by atoms with E-state index < -0.39 is 0 Å². The standard InChI is InChI=1S/C25H29N2O/c1-17(2)21-14-13-20(16-22(21)18-9-5-4-6-10-18)26-25(28)24-15-19-11-7-8-12-23(19)27(24)3/h7-8,11-16,18H,4-6,9-10H2,1-3H3,(H,26,28). The van der Waals surface area contributed by atoms with Gasteiger partial charge in [0.05, 0.1) is 0 Å². The van der Waals surface area contributed by atoms with Crippen LogP contribution in [0.4, 0.5) is 5.69 Å². The van der Waals surface area contributed by atoms with E-state index >= 15 is 0 Å². The van der Waals surface area contributed by atoms with Gasteiger partial charge in [0, 0.05) is 23.6 Å². The van der Waals surface area contributed by atoms with E-state index in [-0.39, 0.29) is 5.91 Å². The van der Waals surface area contributed by atoms with Gasteiger partial charge >= 0.3 is 0 Å². The summed E-state index contributed by atoms with van der Waals surface area (Å²) in [4.78, 5) is 13.0. The van der Waals surface area contributed by atoms with Gasteiger partial charge in [0.2, 0.25) is 0 Å². The monoisotopic (exact) mass is 373 g/mol. The lowest BCUT2D eigenvalue weighted by molar-refractivity contribution is 0.101. The molecule has 0 aliphatic heterocycles. The maximum Gasteiger partial charge on any atom is 0.272 e. The molecule has 1 N–H and O–H groups in total. The van der Waals surface area contributed by atoms with Crippen molar-refractivity contribution in [2.75, 3.05) is 5.32 Å². The topological polar surface area (TPSA) is 34.0 Å². The minimum Gasteiger partial charge on any atom is -0.340 e. The molecular formula is C25H29N2O. The van der Waals surface area contributed by atoms with Crippen LogP contribution >= 0.6 is 0 Å². The van der Waals surface area contributed by atoms with Gasteiger partial charge in [-0.2, -0.15) is 0 Å². The molecule has 28 heavy (non-hydrogen) atoms. The Bertz CT molecular complexity index is 993. The zero-order valence-electron chi connectivity index (χ0n) is 17.1. The molecule has 1 aliphatic rings. The maximum absolute atomic E-state index is 13.0. The summed E-state index contributed by atoms with van der Waals surface area (Å²) >= 11 is 0. The van der Waals surface area contributed by atoms with Crippen molar-refractivity contribution >= 4 is 22.5 Å². The Morgan fingerprint density at radius 1 is 1.00 bits per heavy atom. The molecule has 1 heterocycles. The average Bonchev–Trinajstić information content (AvgIpc) is 3.05. The number of aromatic nitrogens is 1. The van der Waals surface area contributed by atoms with Crippen LogP contribution in [0.15, 0.2) is 48.5 Å². The summed E-state index contributed by atoms with van der Waals surface area (Å²) in [6, 6.07) is 16.5. The summed E-state index contributed by atoms with van der Waals surface area (Å²) in [5, 5.41) is 4.22. The number of benzene rings is 2. The van der Waals surface area contributed by atoms with Crippen molar-refractivity contribution in [1.29, 1.82) is 0 Å². The summed E-state index contributed by atoms with van der Waals surface area (Å²) < 4.78 is 1.96. The molecule has 1 aromatic heterocycles. The average molecular weight is 374 g/mol. The van der Waals surface area contributed by atoms with Crippen LogP contribution in [0.5, 0.6) is 0 Å². The molecule has 1 aliphatic carbocycles. The predicted octanol–water partition coefficient (Wildman–Crippen LogP) is 6.44. The number of nitrogens with zero attached hydrogens (tertiary/aromatic N) is 1. The van der Waals surface area contributed by atoms with Crippen molar-refractivity contribution in [3.05, 3.63) is 71.3 Å². The second-order valence-electron chi connectivity index (χ2n) is 8.24. The van der Waals surface area contributed by atoms with Gasteiger partial charge in [-0.15, -0.1) is 0 Å². The second-order valence-corrected chi connectivity index (χ2v) is 8.24. The van der Waals surface area contributed by atoms with E-state index in [0.717, 1.165) is 16.6 Å². The Morgan fingerprint density at radius 2 is 1.75 bits per heavy atom. The molecule has 1 radical (unpaired) electrons. The highest BCUT2D eigenvalue weighted by molar-refractivity contribution is 6.06. The first kappa shape index (κ1) is 18.8. The van der Waals surface area contributed by atoms with Crippen LogP contribution in [0.3, 0.4) is 0 Å². The molecule has 2 aromatic carbocycles. The molecule has 1 amide bonds. The van der Waals surface area contributed by atoms with Gasteiger partial charge in [-0.1, -0.05) is 57.4 Å². The number of rotatable bonds is 4. The minimum absolute atomic E-state index is 0.0572. The summed E-state index contributed by atoms with van der Waals surface area (Å²) in [6.07, 6.45) is 6.46. The van der Waals surface area contributed by atoms with E-state index in [2.05, 4.69) is 31.3 Å². The number of hydrogen-bond donors (Lipinski definition) is 1. The Morgan fingerprint density at radius 3 is 2.46 bits per heavy atom. The Balaban J connectivity index is 1.63. The highest BCUT2D eigenvalue weighted by atomic mass is 16.1. The highest BCUT2D eigenvalue weighted by Crippen LogP contribution is 2.37. The largest absolute Gasteiger partial charge is 0.340 e. The molecule has 0 bridgehead atoms. The predicted molar refractivity (Wildman–Crippen MR) is 117 cm³/mol. The van der Waals surface area contributed by atoms with Crippen molar-refractivity contribution in [1.82, 2.24) is 4.57 Å². The second kappa shape index (κ2) is 7.83. The quantitative estimate of drug-likeness (QED) is 0.561. The molecule has 3 aromatic rings. The Hall–Kier alpha value is -2.55. The molecule has 0 saturated heterocycles. The fourth-order valence-electron chi connectivity index (χ4n) is 4.55. The Labute approximate surface area is 167 Å². The van der Waals surface area contributed by atoms with Crippen LogP contribution in [0, 0.1) is 5.92 Å². The Kier molecular flexibility index (Phi) is 5.25. The van der Waals surface area contributed by atoms with Gasteiger partial charge in [-0.3, -0.25) is 4.79 Å². The zero-order chi connectivity index (χ0) is 19.7. The molecular weight excluding hydrogens is 344 g/mol. The molecule has 145 valence electrons. The first-order valence-electron chi connectivity index (χ1n) is 10.3. The lowest BCUT2D eigenvalue weighted by Gasteiger charge is -2.26. The fourth-order valence-corrected chi connectivity index (χ4v) is 4.55. The van der Waals surface area contributed by atoms with E-state index in [1.807, 2.05) is 48.0 Å². The van der Waals surface area contributed by atoms with Crippen LogP contribution in [-0.4, -0.2) is 10.5 Å². The van der Waals surface area contributed by atoms with Crippen molar-refractivity contribution in [2.45, 2.75) is 51.9 Å². The fraction of sp³-hybridized carbons (Fsp3) is 0.360. The van der Waals surface area contributed by atoms with Crippen LogP contribution < -0.4 is 5.32 Å². The third-order valence-corrected chi connectivity index (χ3v) is 6.08. The van der Waals surface area contributed by atoms with Gasteiger partial charge < -0.3 is 9.88 Å². The lowest BCUT2D eigenvalue weighted by atomic mass is 9.80. The number of fused-ring (bicyclic) bond motifs is 1. The smallest absolute Gasteiger partial charge is 0.272 e. The SMILES string of the molecule is C[C](C)c1ccc(NC(=O)c2cc3ccccc3n2C)cc1C1CCCCC1. The molecule has 1 fully saturated rings. The van der Waals surface area contributed by atoms with Gasteiger partial charge in [-0.25, -0.2) is 0 Å². The molecule has 3 heteroatoms. The number of anilines is 1. The zero-order valence-corrected chi connectivity index (χ0v) is 17.1. The molecule has 0 spiro atoms. The van der Waals surface area contributed by atoms with E-state index in [1.54, 1.807) is 0 Å². The molecule has 4 rings (SSSR count). The number of para-hydroxylation sites is 1. The van der Waals surface area contributed by atoms with Crippen LogP contribution in [0.2, 0.25) is 0 Å². The van der Waals surface area contributed by atoms with E-state index in [1.165, 1.54) is 49.1 Å². The van der Waals surface area contributed by atoms with E-state index in [9.17, 15) is 4.79 Å². The lowest BCUT2D eigenvalue weighted by Crippen LogP contribution is -2.16.